The molecule has 1 aromatic rings. The van der Waals surface area contributed by atoms with Crippen molar-refractivity contribution >= 4 is 7.60 Å². The minimum atomic E-state index is -3.54. The molecule has 120 valence electrons. The summed E-state index contributed by atoms with van der Waals surface area (Å²) < 4.78 is 17.5. The van der Waals surface area contributed by atoms with Crippen LogP contribution in [0.15, 0.2) is 30.3 Å². The molecule has 4 heteroatoms. The van der Waals surface area contributed by atoms with E-state index in [0.29, 0.717) is 0 Å². The van der Waals surface area contributed by atoms with E-state index in [0.717, 1.165) is 18.4 Å². The lowest BCUT2D eigenvalue weighted by Crippen LogP contribution is -2.07. The predicted octanol–water partition coefficient (Wildman–Crippen LogP) is 5.53. The van der Waals surface area contributed by atoms with Crippen LogP contribution in [0.5, 0.6) is 0 Å². The third-order valence-corrected chi connectivity index (χ3v) is 4.99. The molecular formula is C17H29O3P. The van der Waals surface area contributed by atoms with E-state index in [4.69, 9.17) is 4.52 Å². The van der Waals surface area contributed by atoms with Gasteiger partial charge in [0.2, 0.25) is 0 Å². The molecule has 0 spiro atoms. The molecule has 0 saturated heterocycles. The third-order valence-electron chi connectivity index (χ3n) is 3.53. The van der Waals surface area contributed by atoms with Gasteiger partial charge in [-0.1, -0.05) is 75.8 Å². The highest BCUT2D eigenvalue weighted by Gasteiger charge is 2.22. The zero-order valence-electron chi connectivity index (χ0n) is 13.3. The third kappa shape index (κ3) is 9.08. The molecule has 0 heterocycles. The van der Waals surface area contributed by atoms with E-state index in [1.807, 2.05) is 37.3 Å². The van der Waals surface area contributed by atoms with Crippen molar-refractivity contribution in [3.8, 4) is 0 Å². The van der Waals surface area contributed by atoms with Crippen LogP contribution in [0.3, 0.4) is 0 Å². The van der Waals surface area contributed by atoms with Gasteiger partial charge in [0.05, 0.1) is 12.3 Å². The summed E-state index contributed by atoms with van der Waals surface area (Å²) in [6, 6.07) is 9.34. The number of benzene rings is 1. The van der Waals surface area contributed by atoms with E-state index < -0.39 is 7.60 Å². The first-order valence-corrected chi connectivity index (χ1v) is 9.84. The Hall–Kier alpha value is -0.630. The van der Waals surface area contributed by atoms with Crippen LogP contribution in [0.25, 0.3) is 0 Å². The topological polar surface area (TPSA) is 46.5 Å². The first-order chi connectivity index (χ1) is 10.0. The van der Waals surface area contributed by atoms with Crippen molar-refractivity contribution in [3.05, 3.63) is 35.9 Å². The largest absolute Gasteiger partial charge is 0.332 e. The normalized spacial score (nSPS) is 15.6. The summed E-state index contributed by atoms with van der Waals surface area (Å²) in [5.41, 5.74) is 0.843. The van der Waals surface area contributed by atoms with Gasteiger partial charge in [-0.2, -0.15) is 0 Å². The summed E-state index contributed by atoms with van der Waals surface area (Å²) in [7, 11) is -3.54. The average Bonchev–Trinajstić information content (AvgIpc) is 2.42. The van der Waals surface area contributed by atoms with Crippen molar-refractivity contribution < 1.29 is 14.0 Å². The number of rotatable bonds is 11. The highest BCUT2D eigenvalue weighted by atomic mass is 31.2. The first kappa shape index (κ1) is 18.4. The number of hydrogen-bond donors (Lipinski definition) is 1. The second-order valence-electron chi connectivity index (χ2n) is 5.75. The van der Waals surface area contributed by atoms with Crippen molar-refractivity contribution in [2.24, 2.45) is 0 Å². The van der Waals surface area contributed by atoms with Crippen LogP contribution in [-0.4, -0.2) is 11.0 Å². The Bertz CT molecular complexity index is 419. The Morgan fingerprint density at radius 2 is 1.71 bits per heavy atom. The molecule has 0 saturated carbocycles. The van der Waals surface area contributed by atoms with E-state index in [1.165, 1.54) is 32.1 Å². The van der Waals surface area contributed by atoms with E-state index in [-0.39, 0.29) is 12.3 Å². The fourth-order valence-electron chi connectivity index (χ4n) is 2.40. The van der Waals surface area contributed by atoms with Crippen molar-refractivity contribution in [1.82, 2.24) is 0 Å². The minimum Gasteiger partial charge on any atom is -0.324 e. The Labute approximate surface area is 129 Å². The molecule has 1 aromatic carbocycles. The molecule has 0 aliphatic heterocycles. The fraction of sp³-hybridized carbons (Fsp3) is 0.647. The molecule has 21 heavy (non-hydrogen) atoms. The second kappa shape index (κ2) is 10.2. The Balaban J connectivity index is 2.23. The van der Waals surface area contributed by atoms with Gasteiger partial charge < -0.3 is 9.42 Å². The lowest BCUT2D eigenvalue weighted by molar-refractivity contribution is 0.176. The molecule has 0 aromatic heterocycles. The maximum Gasteiger partial charge on any atom is 0.332 e. The second-order valence-corrected chi connectivity index (χ2v) is 7.56. The van der Waals surface area contributed by atoms with Gasteiger partial charge >= 0.3 is 7.60 Å². The molecule has 2 unspecified atom stereocenters. The summed E-state index contributed by atoms with van der Waals surface area (Å²) in [5.74, 6) is 0. The predicted molar refractivity (Wildman–Crippen MR) is 88.5 cm³/mol. The van der Waals surface area contributed by atoms with Gasteiger partial charge in [0.25, 0.3) is 0 Å². The summed E-state index contributed by atoms with van der Waals surface area (Å²) in [6.07, 6.45) is 8.13. The highest BCUT2D eigenvalue weighted by molar-refractivity contribution is 7.51. The van der Waals surface area contributed by atoms with E-state index in [1.54, 1.807) is 0 Å². The molecular weight excluding hydrogens is 283 g/mol. The van der Waals surface area contributed by atoms with Crippen LogP contribution in [0.2, 0.25) is 0 Å². The lowest BCUT2D eigenvalue weighted by Gasteiger charge is -2.18. The first-order valence-electron chi connectivity index (χ1n) is 8.07. The summed E-state index contributed by atoms with van der Waals surface area (Å²) in [6.45, 7) is 4.10. The van der Waals surface area contributed by atoms with E-state index in [2.05, 4.69) is 6.92 Å². The molecule has 0 radical (unpaired) electrons. The SMILES string of the molecule is CCCCCCCCC(C)OP(=O)(O)Cc1ccccc1. The average molecular weight is 312 g/mol. The van der Waals surface area contributed by atoms with Crippen molar-refractivity contribution in [2.45, 2.75) is 71.1 Å². The molecule has 1 rings (SSSR count). The molecule has 1 N–H and O–H groups in total. The molecule has 0 aliphatic carbocycles. The lowest BCUT2D eigenvalue weighted by atomic mass is 10.1. The van der Waals surface area contributed by atoms with Gasteiger partial charge in [-0.3, -0.25) is 4.57 Å². The monoisotopic (exact) mass is 312 g/mol. The quantitative estimate of drug-likeness (QED) is 0.432. The van der Waals surface area contributed by atoms with Gasteiger partial charge in [0.15, 0.2) is 0 Å². The Kier molecular flexibility index (Phi) is 8.91. The molecule has 2 atom stereocenters. The van der Waals surface area contributed by atoms with Crippen LogP contribution < -0.4 is 0 Å². The zero-order chi connectivity index (χ0) is 15.6. The van der Waals surface area contributed by atoms with Crippen LogP contribution >= 0.6 is 7.60 Å². The van der Waals surface area contributed by atoms with Crippen LogP contribution in [0, 0.1) is 0 Å². The maximum absolute atomic E-state index is 12.1. The summed E-state index contributed by atoms with van der Waals surface area (Å²) in [5, 5.41) is 0. The van der Waals surface area contributed by atoms with Gasteiger partial charge in [0, 0.05) is 0 Å². The molecule has 0 bridgehead atoms. The van der Waals surface area contributed by atoms with Gasteiger partial charge in [-0.05, 0) is 18.9 Å². The van der Waals surface area contributed by atoms with Crippen LogP contribution in [0.4, 0.5) is 0 Å². The zero-order valence-corrected chi connectivity index (χ0v) is 14.2. The van der Waals surface area contributed by atoms with Gasteiger partial charge in [-0.25, -0.2) is 0 Å². The number of unbranched alkanes of at least 4 members (excludes halogenated alkanes) is 5. The highest BCUT2D eigenvalue weighted by Crippen LogP contribution is 2.47. The fourth-order valence-corrected chi connectivity index (χ4v) is 3.81. The smallest absolute Gasteiger partial charge is 0.324 e. The Morgan fingerprint density at radius 1 is 1.10 bits per heavy atom. The molecule has 0 amide bonds. The minimum absolute atomic E-state index is 0.0919. The van der Waals surface area contributed by atoms with Crippen LogP contribution in [-0.2, 0) is 15.3 Å². The standard InChI is InChI=1S/C17H29O3P/c1-3-4-5-6-7-9-12-16(2)20-21(18,19)15-17-13-10-8-11-14-17/h8,10-11,13-14,16H,3-7,9,12,15H2,1-2H3,(H,18,19). The number of hydrogen-bond acceptors (Lipinski definition) is 2. The molecule has 3 nitrogen and oxygen atoms in total. The summed E-state index contributed by atoms with van der Waals surface area (Å²) in [4.78, 5) is 9.94. The van der Waals surface area contributed by atoms with E-state index in [9.17, 15) is 9.46 Å². The van der Waals surface area contributed by atoms with Crippen molar-refractivity contribution in [1.29, 1.82) is 0 Å². The van der Waals surface area contributed by atoms with E-state index >= 15 is 0 Å². The Morgan fingerprint density at radius 3 is 2.38 bits per heavy atom. The van der Waals surface area contributed by atoms with Crippen LogP contribution in [0.1, 0.15) is 64.4 Å². The molecule has 0 fully saturated rings. The van der Waals surface area contributed by atoms with Crippen molar-refractivity contribution in [2.75, 3.05) is 0 Å². The molecule has 0 aliphatic rings. The van der Waals surface area contributed by atoms with Gasteiger partial charge in [-0.15, -0.1) is 0 Å². The van der Waals surface area contributed by atoms with Crippen molar-refractivity contribution in [3.63, 3.8) is 0 Å². The van der Waals surface area contributed by atoms with Gasteiger partial charge in [0.1, 0.15) is 0 Å². The maximum atomic E-state index is 12.1. The summed E-state index contributed by atoms with van der Waals surface area (Å²) >= 11 is 0.